The van der Waals surface area contributed by atoms with Crippen molar-refractivity contribution in [3.63, 3.8) is 0 Å². The molecule has 0 amide bonds. The fourth-order valence-corrected chi connectivity index (χ4v) is 5.32. The fraction of sp³-hybridized carbons (Fsp3) is 0.132. The van der Waals surface area contributed by atoms with Crippen LogP contribution < -0.4 is 14.2 Å². The van der Waals surface area contributed by atoms with Crippen molar-refractivity contribution in [3.8, 4) is 17.2 Å². The lowest BCUT2D eigenvalue weighted by Gasteiger charge is -2.30. The Kier molecular flexibility index (Phi) is 8.89. The summed E-state index contributed by atoms with van der Waals surface area (Å²) in [5.41, 5.74) is 1.77. The molecule has 0 saturated heterocycles. The maximum Gasteiger partial charge on any atom is 0.345 e. The molecular formula is C38H31FO6. The van der Waals surface area contributed by atoms with E-state index in [-0.39, 0.29) is 43.5 Å². The molecule has 226 valence electrons. The summed E-state index contributed by atoms with van der Waals surface area (Å²) in [6.07, 6.45) is 1.66. The molecule has 0 aromatic heterocycles. The molecule has 1 atom stereocenters. The van der Waals surface area contributed by atoms with Gasteiger partial charge in [0.15, 0.2) is 11.5 Å². The van der Waals surface area contributed by atoms with Gasteiger partial charge in [-0.25, -0.2) is 9.18 Å². The standard InChI is InChI=1S/C38H31FO6/c39-32-18-10-17-30(21-32)33-19-20-45-38(33,37(40)41)31-22-34(42-24-27-11-4-1-5-12-27)36(44-26-29-15-8-3-9-16-29)35(23-31)43-25-28-13-6-2-7-14-28/h1-19,21-23H,20,24-26H2,(H,40,41). The Bertz CT molecular complexity index is 1730. The molecule has 6 nitrogen and oxygen atoms in total. The van der Waals surface area contributed by atoms with Gasteiger partial charge in [-0.05, 0) is 46.5 Å². The molecule has 0 fully saturated rings. The molecule has 6 rings (SSSR count). The third-order valence-corrected chi connectivity index (χ3v) is 7.53. The van der Waals surface area contributed by atoms with Crippen LogP contribution in [0.2, 0.25) is 0 Å². The van der Waals surface area contributed by atoms with Gasteiger partial charge in [0.25, 0.3) is 0 Å². The van der Waals surface area contributed by atoms with Crippen LogP contribution in [0.3, 0.4) is 0 Å². The Hall–Kier alpha value is -5.40. The Morgan fingerprint density at radius 3 is 1.69 bits per heavy atom. The van der Waals surface area contributed by atoms with Crippen molar-refractivity contribution in [1.29, 1.82) is 0 Å². The van der Waals surface area contributed by atoms with Crippen LogP contribution in [0.1, 0.15) is 27.8 Å². The Morgan fingerprint density at radius 2 is 1.20 bits per heavy atom. The van der Waals surface area contributed by atoms with Crippen molar-refractivity contribution in [2.75, 3.05) is 6.61 Å². The van der Waals surface area contributed by atoms with Gasteiger partial charge in [0, 0.05) is 11.1 Å². The Balaban J connectivity index is 1.48. The number of hydrogen-bond acceptors (Lipinski definition) is 5. The van der Waals surface area contributed by atoms with E-state index in [0.29, 0.717) is 16.9 Å². The van der Waals surface area contributed by atoms with E-state index in [1.165, 1.54) is 12.1 Å². The zero-order valence-corrected chi connectivity index (χ0v) is 24.4. The zero-order chi connectivity index (χ0) is 31.1. The van der Waals surface area contributed by atoms with E-state index >= 15 is 0 Å². The second kappa shape index (κ2) is 13.5. The van der Waals surface area contributed by atoms with Crippen LogP contribution in [0.25, 0.3) is 5.57 Å². The highest BCUT2D eigenvalue weighted by molar-refractivity contribution is 5.98. The maximum absolute atomic E-state index is 14.3. The molecular weight excluding hydrogens is 571 g/mol. The van der Waals surface area contributed by atoms with Gasteiger partial charge >= 0.3 is 5.97 Å². The first-order chi connectivity index (χ1) is 22.0. The Morgan fingerprint density at radius 1 is 0.689 bits per heavy atom. The monoisotopic (exact) mass is 602 g/mol. The average molecular weight is 603 g/mol. The quantitative estimate of drug-likeness (QED) is 0.156. The molecule has 0 aliphatic carbocycles. The summed E-state index contributed by atoms with van der Waals surface area (Å²) in [4.78, 5) is 13.2. The molecule has 0 radical (unpaired) electrons. The van der Waals surface area contributed by atoms with Crippen LogP contribution in [-0.2, 0) is 35.0 Å². The number of rotatable bonds is 12. The molecule has 0 spiro atoms. The number of carbonyl (C=O) groups is 1. The minimum Gasteiger partial charge on any atom is -0.485 e. The first kappa shape index (κ1) is 29.7. The smallest absolute Gasteiger partial charge is 0.345 e. The van der Waals surface area contributed by atoms with Gasteiger partial charge in [-0.15, -0.1) is 0 Å². The van der Waals surface area contributed by atoms with Gasteiger partial charge in [0.1, 0.15) is 25.6 Å². The first-order valence-corrected chi connectivity index (χ1v) is 14.6. The van der Waals surface area contributed by atoms with Crippen LogP contribution in [0, 0.1) is 5.82 Å². The zero-order valence-electron chi connectivity index (χ0n) is 24.4. The molecule has 1 unspecified atom stereocenters. The highest BCUT2D eigenvalue weighted by Crippen LogP contribution is 2.49. The third kappa shape index (κ3) is 6.59. The predicted octanol–water partition coefficient (Wildman–Crippen LogP) is 7.96. The van der Waals surface area contributed by atoms with Gasteiger partial charge in [-0.1, -0.05) is 109 Å². The lowest BCUT2D eigenvalue weighted by molar-refractivity contribution is -0.156. The lowest BCUT2D eigenvalue weighted by atomic mass is 9.82. The van der Waals surface area contributed by atoms with Crippen LogP contribution in [0.15, 0.2) is 133 Å². The van der Waals surface area contributed by atoms with E-state index in [9.17, 15) is 14.3 Å². The van der Waals surface area contributed by atoms with E-state index in [0.717, 1.165) is 16.7 Å². The number of hydrogen-bond donors (Lipinski definition) is 1. The SMILES string of the molecule is O=C(O)C1(c2cc(OCc3ccccc3)c(OCc3ccccc3)c(OCc3ccccc3)c2)OCC=C1c1cccc(F)c1. The maximum atomic E-state index is 14.3. The van der Waals surface area contributed by atoms with Crippen molar-refractivity contribution in [3.05, 3.63) is 167 Å². The molecule has 5 aromatic carbocycles. The first-order valence-electron chi connectivity index (χ1n) is 14.6. The van der Waals surface area contributed by atoms with Crippen LogP contribution in [0.4, 0.5) is 4.39 Å². The van der Waals surface area contributed by atoms with Crippen LogP contribution in [0.5, 0.6) is 17.2 Å². The van der Waals surface area contributed by atoms with Crippen LogP contribution >= 0.6 is 0 Å². The van der Waals surface area contributed by atoms with Gasteiger partial charge in [0.05, 0.1) is 6.61 Å². The summed E-state index contributed by atoms with van der Waals surface area (Å²) < 4.78 is 39.4. The summed E-state index contributed by atoms with van der Waals surface area (Å²) >= 11 is 0. The number of carboxylic acid groups (broad SMARTS) is 1. The molecule has 45 heavy (non-hydrogen) atoms. The molecule has 0 saturated carbocycles. The normalized spacial score (nSPS) is 15.7. The molecule has 0 bridgehead atoms. The highest BCUT2D eigenvalue weighted by atomic mass is 19.1. The molecule has 1 aliphatic heterocycles. The molecule has 7 heteroatoms. The Labute approximate surface area is 260 Å². The second-order valence-corrected chi connectivity index (χ2v) is 10.5. The minimum absolute atomic E-state index is 0.0187. The largest absolute Gasteiger partial charge is 0.485 e. The predicted molar refractivity (Wildman–Crippen MR) is 168 cm³/mol. The van der Waals surface area contributed by atoms with Crippen molar-refractivity contribution >= 4 is 11.5 Å². The number of carboxylic acids is 1. The van der Waals surface area contributed by atoms with E-state index in [1.807, 2.05) is 91.0 Å². The summed E-state index contributed by atoms with van der Waals surface area (Å²) in [7, 11) is 0. The topological polar surface area (TPSA) is 74.2 Å². The summed E-state index contributed by atoms with van der Waals surface area (Å²) in [5, 5.41) is 10.8. The number of aliphatic carboxylic acids is 1. The fourth-order valence-electron chi connectivity index (χ4n) is 5.32. The van der Waals surface area contributed by atoms with Crippen molar-refractivity contribution in [1.82, 2.24) is 0 Å². The number of halogens is 1. The van der Waals surface area contributed by atoms with E-state index in [1.54, 1.807) is 30.3 Å². The van der Waals surface area contributed by atoms with Gasteiger partial charge < -0.3 is 24.1 Å². The second-order valence-electron chi connectivity index (χ2n) is 10.5. The molecule has 5 aromatic rings. The van der Waals surface area contributed by atoms with Gasteiger partial charge in [-0.2, -0.15) is 0 Å². The van der Waals surface area contributed by atoms with E-state index in [4.69, 9.17) is 18.9 Å². The van der Waals surface area contributed by atoms with E-state index in [2.05, 4.69) is 0 Å². The number of benzene rings is 5. The van der Waals surface area contributed by atoms with E-state index < -0.39 is 17.4 Å². The summed E-state index contributed by atoms with van der Waals surface area (Å²) in [5.74, 6) is -0.848. The average Bonchev–Trinajstić information content (AvgIpc) is 3.54. The van der Waals surface area contributed by atoms with Gasteiger partial charge in [0.2, 0.25) is 11.4 Å². The van der Waals surface area contributed by atoms with Crippen LogP contribution in [-0.4, -0.2) is 17.7 Å². The molecule has 1 aliphatic rings. The van der Waals surface area contributed by atoms with Gasteiger partial charge in [-0.3, -0.25) is 0 Å². The molecule has 1 heterocycles. The number of ether oxygens (including phenoxy) is 4. The van der Waals surface area contributed by atoms with Crippen molar-refractivity contribution in [2.45, 2.75) is 25.4 Å². The van der Waals surface area contributed by atoms with Crippen molar-refractivity contribution in [2.24, 2.45) is 0 Å². The lowest BCUT2D eigenvalue weighted by Crippen LogP contribution is -2.37. The minimum atomic E-state index is -1.96. The summed E-state index contributed by atoms with van der Waals surface area (Å²) in [6, 6.07) is 38.0. The third-order valence-electron chi connectivity index (χ3n) is 7.53. The molecule has 1 N–H and O–H groups in total. The van der Waals surface area contributed by atoms with Crippen molar-refractivity contribution < 1.29 is 33.2 Å². The highest BCUT2D eigenvalue weighted by Gasteiger charge is 2.49. The summed E-state index contributed by atoms with van der Waals surface area (Å²) in [6.45, 7) is 0.624.